The Morgan fingerprint density at radius 3 is 2.67 bits per heavy atom. The highest BCUT2D eigenvalue weighted by molar-refractivity contribution is 7.17. The lowest BCUT2D eigenvalue weighted by Gasteiger charge is -2.17. The highest BCUT2D eigenvalue weighted by Crippen LogP contribution is 2.26. The molecular weight excluding hydrogens is 253 g/mol. The third kappa shape index (κ3) is 2.68. The molecule has 18 heavy (non-hydrogen) atoms. The Bertz CT molecular complexity index is 568. The highest BCUT2D eigenvalue weighted by atomic mass is 32.1. The summed E-state index contributed by atoms with van der Waals surface area (Å²) in [5.41, 5.74) is 0.588. The Kier molecular flexibility index (Phi) is 3.62. The SMILES string of the molecule is CN(Cc1ccccc1F)c1ccc(C(=O)O)s1. The number of rotatable bonds is 4. The summed E-state index contributed by atoms with van der Waals surface area (Å²) in [5.74, 6) is -1.19. The van der Waals surface area contributed by atoms with Crippen LogP contribution in [-0.2, 0) is 6.54 Å². The van der Waals surface area contributed by atoms with Gasteiger partial charge in [-0.3, -0.25) is 0 Å². The van der Waals surface area contributed by atoms with Gasteiger partial charge in [0, 0.05) is 19.2 Å². The molecule has 0 spiro atoms. The van der Waals surface area contributed by atoms with E-state index in [-0.39, 0.29) is 10.7 Å². The summed E-state index contributed by atoms with van der Waals surface area (Å²) in [7, 11) is 1.81. The van der Waals surface area contributed by atoms with E-state index in [1.807, 2.05) is 11.9 Å². The molecule has 0 atom stereocenters. The molecule has 0 saturated carbocycles. The fourth-order valence-corrected chi connectivity index (χ4v) is 2.41. The quantitative estimate of drug-likeness (QED) is 0.922. The molecule has 1 heterocycles. The minimum atomic E-state index is -0.939. The van der Waals surface area contributed by atoms with Crippen LogP contribution >= 0.6 is 11.3 Å². The van der Waals surface area contributed by atoms with Crippen molar-refractivity contribution in [1.29, 1.82) is 0 Å². The van der Waals surface area contributed by atoms with Gasteiger partial charge < -0.3 is 10.0 Å². The average molecular weight is 265 g/mol. The predicted molar refractivity (Wildman–Crippen MR) is 69.8 cm³/mol. The van der Waals surface area contributed by atoms with Crippen molar-refractivity contribution in [2.75, 3.05) is 11.9 Å². The molecule has 3 nitrogen and oxygen atoms in total. The predicted octanol–water partition coefficient (Wildman–Crippen LogP) is 3.22. The second-order valence-electron chi connectivity index (χ2n) is 3.89. The van der Waals surface area contributed by atoms with Gasteiger partial charge in [-0.25, -0.2) is 9.18 Å². The summed E-state index contributed by atoms with van der Waals surface area (Å²) in [6.07, 6.45) is 0. The van der Waals surface area contributed by atoms with Crippen molar-refractivity contribution in [2.24, 2.45) is 0 Å². The summed E-state index contributed by atoms with van der Waals surface area (Å²) < 4.78 is 13.5. The number of hydrogen-bond acceptors (Lipinski definition) is 3. The van der Waals surface area contributed by atoms with Crippen LogP contribution in [0.15, 0.2) is 36.4 Å². The molecule has 94 valence electrons. The second-order valence-corrected chi connectivity index (χ2v) is 4.95. The van der Waals surface area contributed by atoms with Crippen LogP contribution in [-0.4, -0.2) is 18.1 Å². The lowest BCUT2D eigenvalue weighted by atomic mass is 10.2. The van der Waals surface area contributed by atoms with Crippen LogP contribution < -0.4 is 4.90 Å². The van der Waals surface area contributed by atoms with Gasteiger partial charge in [0.05, 0.1) is 5.00 Å². The molecule has 0 aliphatic heterocycles. The Labute approximate surface area is 108 Å². The fourth-order valence-electron chi connectivity index (χ4n) is 1.61. The van der Waals surface area contributed by atoms with Crippen LogP contribution in [0.1, 0.15) is 15.2 Å². The molecule has 0 fully saturated rings. The third-order valence-electron chi connectivity index (χ3n) is 2.54. The molecule has 1 N–H and O–H groups in total. The fraction of sp³-hybridized carbons (Fsp3) is 0.154. The average Bonchev–Trinajstić information content (AvgIpc) is 2.81. The number of carboxylic acids is 1. The first kappa shape index (κ1) is 12.6. The van der Waals surface area contributed by atoms with E-state index in [2.05, 4.69) is 0 Å². The maximum Gasteiger partial charge on any atom is 0.345 e. The van der Waals surface area contributed by atoms with Crippen LogP contribution in [0, 0.1) is 5.82 Å². The topological polar surface area (TPSA) is 40.5 Å². The van der Waals surface area contributed by atoms with Gasteiger partial charge in [-0.15, -0.1) is 11.3 Å². The molecular formula is C13H12FNO2S. The largest absolute Gasteiger partial charge is 0.477 e. The highest BCUT2D eigenvalue weighted by Gasteiger charge is 2.11. The van der Waals surface area contributed by atoms with E-state index in [9.17, 15) is 9.18 Å². The summed E-state index contributed by atoms with van der Waals surface area (Å²) in [6, 6.07) is 9.85. The van der Waals surface area contributed by atoms with Crippen LogP contribution in [0.5, 0.6) is 0 Å². The zero-order valence-corrected chi connectivity index (χ0v) is 10.6. The van der Waals surface area contributed by atoms with E-state index in [1.54, 1.807) is 30.3 Å². The lowest BCUT2D eigenvalue weighted by Crippen LogP contribution is -2.15. The van der Waals surface area contributed by atoms with Gasteiger partial charge in [0.1, 0.15) is 10.7 Å². The van der Waals surface area contributed by atoms with Crippen LogP contribution in [0.2, 0.25) is 0 Å². The number of nitrogens with zero attached hydrogens (tertiary/aromatic N) is 1. The number of carboxylic acid groups (broad SMARTS) is 1. The molecule has 2 rings (SSSR count). The van der Waals surface area contributed by atoms with Crippen molar-refractivity contribution in [3.8, 4) is 0 Å². The molecule has 1 aromatic carbocycles. The lowest BCUT2D eigenvalue weighted by molar-refractivity contribution is 0.0702. The van der Waals surface area contributed by atoms with E-state index in [0.29, 0.717) is 12.1 Å². The smallest absolute Gasteiger partial charge is 0.345 e. The first-order valence-electron chi connectivity index (χ1n) is 5.35. The number of anilines is 1. The zero-order valence-electron chi connectivity index (χ0n) is 9.76. The molecule has 5 heteroatoms. The Hall–Kier alpha value is -1.88. The Morgan fingerprint density at radius 2 is 2.06 bits per heavy atom. The van der Waals surface area contributed by atoms with Crippen molar-refractivity contribution < 1.29 is 14.3 Å². The van der Waals surface area contributed by atoms with E-state index in [0.717, 1.165) is 5.00 Å². The standard InChI is InChI=1S/C13H12FNO2S/c1-15(8-9-4-2-3-5-10(9)14)12-7-6-11(18-12)13(16)17/h2-7H,8H2,1H3,(H,16,17). The first-order chi connectivity index (χ1) is 8.58. The summed E-state index contributed by atoms with van der Waals surface area (Å²) in [5, 5.41) is 9.65. The molecule has 0 aliphatic rings. The van der Waals surface area contributed by atoms with Gasteiger partial charge in [-0.1, -0.05) is 18.2 Å². The van der Waals surface area contributed by atoms with Crippen LogP contribution in [0.3, 0.4) is 0 Å². The van der Waals surface area contributed by atoms with Crippen LogP contribution in [0.4, 0.5) is 9.39 Å². The number of thiophene rings is 1. The van der Waals surface area contributed by atoms with Gasteiger partial charge in [0.2, 0.25) is 0 Å². The van der Waals surface area contributed by atoms with Crippen LogP contribution in [0.25, 0.3) is 0 Å². The summed E-state index contributed by atoms with van der Waals surface area (Å²) in [4.78, 5) is 12.9. The minimum Gasteiger partial charge on any atom is -0.477 e. The molecule has 0 amide bonds. The molecule has 1 aromatic heterocycles. The number of aromatic carboxylic acids is 1. The number of carbonyl (C=O) groups is 1. The van der Waals surface area contributed by atoms with Crippen molar-refractivity contribution in [2.45, 2.75) is 6.54 Å². The number of hydrogen-bond donors (Lipinski definition) is 1. The van der Waals surface area contributed by atoms with Gasteiger partial charge in [-0.05, 0) is 18.2 Å². The number of halogens is 1. The second kappa shape index (κ2) is 5.18. The molecule has 0 aliphatic carbocycles. The summed E-state index contributed by atoms with van der Waals surface area (Å²) >= 11 is 1.18. The zero-order chi connectivity index (χ0) is 13.1. The molecule has 0 saturated heterocycles. The minimum absolute atomic E-state index is 0.251. The van der Waals surface area contributed by atoms with Crippen molar-refractivity contribution >= 4 is 22.3 Å². The van der Waals surface area contributed by atoms with E-state index in [1.165, 1.54) is 17.4 Å². The van der Waals surface area contributed by atoms with Crippen molar-refractivity contribution in [3.63, 3.8) is 0 Å². The normalized spacial score (nSPS) is 10.3. The summed E-state index contributed by atoms with van der Waals surface area (Å²) in [6.45, 7) is 0.409. The Morgan fingerprint density at radius 1 is 1.33 bits per heavy atom. The maximum atomic E-state index is 13.5. The van der Waals surface area contributed by atoms with E-state index < -0.39 is 5.97 Å². The first-order valence-corrected chi connectivity index (χ1v) is 6.17. The van der Waals surface area contributed by atoms with Gasteiger partial charge in [-0.2, -0.15) is 0 Å². The van der Waals surface area contributed by atoms with E-state index in [4.69, 9.17) is 5.11 Å². The molecule has 0 radical (unpaired) electrons. The van der Waals surface area contributed by atoms with Gasteiger partial charge >= 0.3 is 5.97 Å². The molecule has 0 unspecified atom stereocenters. The maximum absolute atomic E-state index is 13.5. The Balaban J connectivity index is 2.14. The van der Waals surface area contributed by atoms with Gasteiger partial charge in [0.25, 0.3) is 0 Å². The van der Waals surface area contributed by atoms with E-state index >= 15 is 0 Å². The number of benzene rings is 1. The molecule has 0 bridgehead atoms. The molecule has 2 aromatic rings. The third-order valence-corrected chi connectivity index (χ3v) is 3.73. The van der Waals surface area contributed by atoms with Crippen molar-refractivity contribution in [1.82, 2.24) is 0 Å². The monoisotopic (exact) mass is 265 g/mol. The van der Waals surface area contributed by atoms with Crippen molar-refractivity contribution in [3.05, 3.63) is 52.7 Å². The van der Waals surface area contributed by atoms with Gasteiger partial charge in [0.15, 0.2) is 0 Å².